The van der Waals surface area contributed by atoms with Gasteiger partial charge in [-0.05, 0) is 22.0 Å². The molecule has 0 N–H and O–H groups in total. The number of nitrogens with zero attached hydrogens (tertiary/aromatic N) is 1. The lowest BCUT2D eigenvalue weighted by Crippen LogP contribution is -2.11. The van der Waals surface area contributed by atoms with Gasteiger partial charge in [-0.1, -0.05) is 0 Å². The Kier molecular flexibility index (Phi) is 4.42. The van der Waals surface area contributed by atoms with Gasteiger partial charge in [-0.3, -0.25) is 9.59 Å². The third kappa shape index (κ3) is 3.03. The molecule has 1 aromatic rings. The summed E-state index contributed by atoms with van der Waals surface area (Å²) in [6.45, 7) is 0. The van der Waals surface area contributed by atoms with E-state index in [-0.39, 0.29) is 17.9 Å². The van der Waals surface area contributed by atoms with Crippen molar-refractivity contribution in [1.82, 2.24) is 4.98 Å². The Bertz CT molecular complexity index is 419. The lowest BCUT2D eigenvalue weighted by Gasteiger charge is -2.06. The zero-order valence-corrected chi connectivity index (χ0v) is 10.4. The van der Waals surface area contributed by atoms with Gasteiger partial charge in [-0.25, -0.2) is 4.98 Å². The summed E-state index contributed by atoms with van der Waals surface area (Å²) in [6, 6.07) is 1.55. The molecule has 0 atom stereocenters. The Morgan fingerprint density at radius 3 is 2.69 bits per heavy atom. The average molecular weight is 288 g/mol. The summed E-state index contributed by atoms with van der Waals surface area (Å²) in [5.74, 6) is -0.790. The minimum atomic E-state index is -0.591. The number of carbonyl (C=O) groups excluding carboxylic acids is 2. The highest BCUT2D eigenvalue weighted by atomic mass is 79.9. The molecule has 0 spiro atoms. The molecule has 0 bridgehead atoms. The van der Waals surface area contributed by atoms with E-state index in [0.717, 1.165) is 0 Å². The van der Waals surface area contributed by atoms with Crippen molar-refractivity contribution in [3.05, 3.63) is 22.3 Å². The summed E-state index contributed by atoms with van der Waals surface area (Å²) in [7, 11) is 2.64. The van der Waals surface area contributed by atoms with Gasteiger partial charge in [0.15, 0.2) is 5.78 Å². The fourth-order valence-electron chi connectivity index (χ4n) is 1.09. The van der Waals surface area contributed by atoms with Crippen LogP contribution in [-0.4, -0.2) is 31.0 Å². The van der Waals surface area contributed by atoms with Crippen molar-refractivity contribution >= 4 is 27.7 Å². The van der Waals surface area contributed by atoms with E-state index in [1.165, 1.54) is 20.4 Å². The second-order valence-electron chi connectivity index (χ2n) is 2.89. The second-order valence-corrected chi connectivity index (χ2v) is 3.80. The third-order valence-electron chi connectivity index (χ3n) is 1.84. The molecule has 0 saturated heterocycles. The van der Waals surface area contributed by atoms with Gasteiger partial charge in [0, 0.05) is 10.7 Å². The third-order valence-corrected chi connectivity index (χ3v) is 2.28. The maximum Gasteiger partial charge on any atom is 0.313 e. The minimum Gasteiger partial charge on any atom is -0.480 e. The predicted octanol–water partition coefficient (Wildman–Crippen LogP) is 1.60. The number of ketones is 1. The van der Waals surface area contributed by atoms with Gasteiger partial charge in [0.05, 0.1) is 19.8 Å². The van der Waals surface area contributed by atoms with Crippen LogP contribution in [0.4, 0.5) is 0 Å². The number of aromatic nitrogens is 1. The van der Waals surface area contributed by atoms with Crippen LogP contribution < -0.4 is 4.74 Å². The van der Waals surface area contributed by atoms with E-state index in [2.05, 4.69) is 25.7 Å². The van der Waals surface area contributed by atoms with E-state index < -0.39 is 11.8 Å². The van der Waals surface area contributed by atoms with Crippen molar-refractivity contribution in [2.24, 2.45) is 0 Å². The molecule has 0 amide bonds. The summed E-state index contributed by atoms with van der Waals surface area (Å²) in [5, 5.41) is 0. The number of pyridine rings is 1. The maximum atomic E-state index is 11.7. The molecule has 0 aromatic carbocycles. The standard InChI is InChI=1S/C10H10BrNO4/c1-15-9(14)4-8(13)7-3-6(11)5-12-10(7)16-2/h3,5H,4H2,1-2H3. The quantitative estimate of drug-likeness (QED) is 0.478. The monoisotopic (exact) mass is 287 g/mol. The highest BCUT2D eigenvalue weighted by Crippen LogP contribution is 2.21. The Morgan fingerprint density at radius 2 is 2.12 bits per heavy atom. The zero-order chi connectivity index (χ0) is 12.1. The lowest BCUT2D eigenvalue weighted by molar-refractivity contribution is -0.139. The van der Waals surface area contributed by atoms with Crippen LogP contribution >= 0.6 is 15.9 Å². The molecule has 1 heterocycles. The van der Waals surface area contributed by atoms with Gasteiger partial charge in [-0.15, -0.1) is 0 Å². The van der Waals surface area contributed by atoms with Gasteiger partial charge in [0.2, 0.25) is 5.88 Å². The Morgan fingerprint density at radius 1 is 1.44 bits per heavy atom. The number of halogens is 1. The van der Waals surface area contributed by atoms with E-state index in [1.807, 2.05) is 0 Å². The number of methoxy groups -OCH3 is 2. The first kappa shape index (κ1) is 12.6. The molecule has 0 saturated carbocycles. The van der Waals surface area contributed by atoms with Crippen molar-refractivity contribution < 1.29 is 19.1 Å². The van der Waals surface area contributed by atoms with Crippen LogP contribution in [0, 0.1) is 0 Å². The zero-order valence-electron chi connectivity index (χ0n) is 8.82. The minimum absolute atomic E-state index is 0.192. The molecule has 0 aliphatic rings. The highest BCUT2D eigenvalue weighted by Gasteiger charge is 2.17. The Labute approximate surface area is 101 Å². The lowest BCUT2D eigenvalue weighted by atomic mass is 10.1. The van der Waals surface area contributed by atoms with Crippen molar-refractivity contribution in [3.63, 3.8) is 0 Å². The van der Waals surface area contributed by atoms with Crippen molar-refractivity contribution in [1.29, 1.82) is 0 Å². The first-order valence-corrected chi connectivity index (χ1v) is 5.17. The van der Waals surface area contributed by atoms with Crippen LogP contribution in [0.25, 0.3) is 0 Å². The number of Topliss-reactive ketones (excluding diaryl/α,β-unsaturated/α-hetero) is 1. The average Bonchev–Trinajstić information content (AvgIpc) is 2.28. The molecule has 16 heavy (non-hydrogen) atoms. The number of ether oxygens (including phenoxy) is 2. The maximum absolute atomic E-state index is 11.7. The van der Waals surface area contributed by atoms with E-state index in [4.69, 9.17) is 4.74 Å². The fraction of sp³-hybridized carbons (Fsp3) is 0.300. The molecule has 0 aliphatic carbocycles. The van der Waals surface area contributed by atoms with Gasteiger partial charge < -0.3 is 9.47 Å². The van der Waals surface area contributed by atoms with E-state index in [9.17, 15) is 9.59 Å². The first-order chi connectivity index (χ1) is 7.58. The van der Waals surface area contributed by atoms with E-state index in [1.54, 1.807) is 6.07 Å². The molecule has 1 rings (SSSR count). The summed E-state index contributed by atoms with van der Waals surface area (Å²) in [4.78, 5) is 26.6. The van der Waals surface area contributed by atoms with Crippen LogP contribution in [0.2, 0.25) is 0 Å². The van der Waals surface area contributed by atoms with Gasteiger partial charge >= 0.3 is 5.97 Å². The molecule has 6 heteroatoms. The second kappa shape index (κ2) is 5.60. The van der Waals surface area contributed by atoms with Crippen LogP contribution in [0.3, 0.4) is 0 Å². The fourth-order valence-corrected chi connectivity index (χ4v) is 1.42. The van der Waals surface area contributed by atoms with Crippen LogP contribution in [-0.2, 0) is 9.53 Å². The molecular formula is C10H10BrNO4. The number of carbonyl (C=O) groups is 2. The van der Waals surface area contributed by atoms with Gasteiger partial charge in [-0.2, -0.15) is 0 Å². The normalized spacial score (nSPS) is 9.69. The number of hydrogen-bond acceptors (Lipinski definition) is 5. The molecule has 5 nitrogen and oxygen atoms in total. The number of hydrogen-bond donors (Lipinski definition) is 0. The highest BCUT2D eigenvalue weighted by molar-refractivity contribution is 9.10. The molecule has 0 aliphatic heterocycles. The van der Waals surface area contributed by atoms with Crippen LogP contribution in [0.5, 0.6) is 5.88 Å². The number of rotatable bonds is 4. The van der Waals surface area contributed by atoms with E-state index in [0.29, 0.717) is 4.47 Å². The van der Waals surface area contributed by atoms with Crippen LogP contribution in [0.1, 0.15) is 16.8 Å². The van der Waals surface area contributed by atoms with Crippen LogP contribution in [0.15, 0.2) is 16.7 Å². The summed E-state index contributed by atoms with van der Waals surface area (Å²) >= 11 is 3.19. The molecule has 0 radical (unpaired) electrons. The predicted molar refractivity (Wildman–Crippen MR) is 59.5 cm³/mol. The SMILES string of the molecule is COC(=O)CC(=O)c1cc(Br)cnc1OC. The van der Waals surface area contributed by atoms with Gasteiger partial charge in [0.25, 0.3) is 0 Å². The summed E-state index contributed by atoms with van der Waals surface area (Å²) in [5.41, 5.74) is 0.252. The molecular weight excluding hydrogens is 278 g/mol. The molecule has 86 valence electrons. The molecule has 0 unspecified atom stereocenters. The van der Waals surface area contributed by atoms with E-state index >= 15 is 0 Å². The van der Waals surface area contributed by atoms with Crippen molar-refractivity contribution in [2.75, 3.05) is 14.2 Å². The van der Waals surface area contributed by atoms with Gasteiger partial charge in [0.1, 0.15) is 6.42 Å². The first-order valence-electron chi connectivity index (χ1n) is 4.38. The topological polar surface area (TPSA) is 65.5 Å². The number of esters is 1. The summed E-state index contributed by atoms with van der Waals surface area (Å²) in [6.07, 6.45) is 1.18. The van der Waals surface area contributed by atoms with Crippen molar-refractivity contribution in [3.8, 4) is 5.88 Å². The molecule has 0 fully saturated rings. The largest absolute Gasteiger partial charge is 0.480 e. The smallest absolute Gasteiger partial charge is 0.313 e. The Balaban J connectivity index is 2.97. The van der Waals surface area contributed by atoms with Crippen molar-refractivity contribution in [2.45, 2.75) is 6.42 Å². The molecule has 1 aromatic heterocycles. The Hall–Kier alpha value is -1.43. The summed E-state index contributed by atoms with van der Waals surface area (Å²) < 4.78 is 9.99.